The molecule has 1 saturated carbocycles. The quantitative estimate of drug-likeness (QED) is 0.282. The fourth-order valence-corrected chi connectivity index (χ4v) is 4.91. The Morgan fingerprint density at radius 2 is 1.80 bits per heavy atom. The molecule has 0 spiro atoms. The predicted octanol–water partition coefficient (Wildman–Crippen LogP) is -0.940. The van der Waals surface area contributed by atoms with Crippen molar-refractivity contribution in [2.75, 3.05) is 0 Å². The summed E-state index contributed by atoms with van der Waals surface area (Å²) in [6.07, 6.45) is -2.48. The van der Waals surface area contributed by atoms with Gasteiger partial charge in [0, 0.05) is 17.4 Å². The van der Waals surface area contributed by atoms with E-state index < -0.39 is 81.5 Å². The number of benzene rings is 1. The zero-order valence-corrected chi connectivity index (χ0v) is 15.7. The zero-order valence-electron chi connectivity index (χ0n) is 15.7. The van der Waals surface area contributed by atoms with E-state index in [1.807, 2.05) is 0 Å². The molecule has 10 nitrogen and oxygen atoms in total. The van der Waals surface area contributed by atoms with Crippen LogP contribution < -0.4 is 5.73 Å². The first-order chi connectivity index (χ1) is 13.9. The number of Topliss-reactive ketones (excluding diaryl/α,β-unsaturated/α-hetero) is 2. The van der Waals surface area contributed by atoms with E-state index in [9.17, 15) is 45.0 Å². The van der Waals surface area contributed by atoms with Gasteiger partial charge in [-0.2, -0.15) is 0 Å². The van der Waals surface area contributed by atoms with E-state index in [-0.39, 0.29) is 11.1 Å². The Labute approximate surface area is 169 Å². The third kappa shape index (κ3) is 2.15. The summed E-state index contributed by atoms with van der Waals surface area (Å²) in [5, 5.41) is 64.2. The van der Waals surface area contributed by atoms with E-state index in [2.05, 4.69) is 0 Å². The van der Waals surface area contributed by atoms with Gasteiger partial charge in [-0.3, -0.25) is 14.4 Å². The van der Waals surface area contributed by atoms with Crippen molar-refractivity contribution in [3.63, 3.8) is 0 Å². The summed E-state index contributed by atoms with van der Waals surface area (Å²) in [6, 6.07) is 4.08. The van der Waals surface area contributed by atoms with Crippen LogP contribution >= 0.6 is 0 Å². The summed E-state index contributed by atoms with van der Waals surface area (Å²) in [4.78, 5) is 37.3. The molecule has 4 rings (SSSR count). The number of carbonyl (C=O) groups is 3. The first-order valence-corrected chi connectivity index (χ1v) is 9.08. The first-order valence-electron chi connectivity index (χ1n) is 9.08. The number of phenolic OH excluding ortho intramolecular Hbond substituents is 1. The molecule has 3 aliphatic rings. The Kier molecular flexibility index (Phi) is 3.95. The highest BCUT2D eigenvalue weighted by atomic mass is 16.4. The van der Waals surface area contributed by atoms with E-state index in [1.54, 1.807) is 0 Å². The number of nitrogens with two attached hydrogens (primary N) is 1. The number of amides is 1. The Morgan fingerprint density at radius 1 is 1.17 bits per heavy atom. The van der Waals surface area contributed by atoms with Crippen molar-refractivity contribution >= 4 is 23.2 Å². The highest BCUT2D eigenvalue weighted by Gasteiger charge is 2.66. The normalized spacial score (nSPS) is 35.7. The van der Waals surface area contributed by atoms with Crippen LogP contribution in [-0.4, -0.2) is 59.8 Å². The molecule has 0 aliphatic heterocycles. The van der Waals surface area contributed by atoms with Crippen molar-refractivity contribution in [3.05, 3.63) is 46.2 Å². The smallest absolute Gasteiger partial charge is 0.255 e. The molecular formula is C20H19NO9. The molecule has 0 saturated heterocycles. The molecule has 10 heteroatoms. The molecule has 0 heterocycles. The Hall–Kier alpha value is -3.21. The second-order valence-corrected chi connectivity index (χ2v) is 8.00. The predicted molar refractivity (Wildman–Crippen MR) is 98.6 cm³/mol. The summed E-state index contributed by atoms with van der Waals surface area (Å²) >= 11 is 0. The van der Waals surface area contributed by atoms with E-state index in [0.717, 1.165) is 0 Å². The molecule has 1 aromatic rings. The van der Waals surface area contributed by atoms with Gasteiger partial charge in [0.15, 0.2) is 5.60 Å². The molecule has 1 aromatic carbocycles. The minimum Gasteiger partial charge on any atom is -0.508 e. The van der Waals surface area contributed by atoms with Crippen molar-refractivity contribution in [1.29, 1.82) is 0 Å². The van der Waals surface area contributed by atoms with Gasteiger partial charge >= 0.3 is 0 Å². The average Bonchev–Trinajstić information content (AvgIpc) is 2.66. The summed E-state index contributed by atoms with van der Waals surface area (Å²) in [5.41, 5.74) is -1.46. The van der Waals surface area contributed by atoms with E-state index in [4.69, 9.17) is 5.73 Å². The van der Waals surface area contributed by atoms with Crippen molar-refractivity contribution in [2.45, 2.75) is 30.7 Å². The lowest BCUT2D eigenvalue weighted by atomic mass is 9.55. The number of fused-ring (bicyclic) bond motifs is 3. The number of ketones is 2. The van der Waals surface area contributed by atoms with Crippen LogP contribution in [0.5, 0.6) is 5.75 Å². The second-order valence-electron chi connectivity index (χ2n) is 8.00. The molecule has 1 amide bonds. The SMILES string of the molecule is C[C@@]1(O)c2cccc(O)c2C(O)=C2C(=O)[C@]3(O)C(O)=C(C(N)=O)C(=O)[C@@H](O)[C@@H]3CC21. The number of primary amides is 1. The Bertz CT molecular complexity index is 1100. The molecule has 1 fully saturated rings. The Balaban J connectivity index is 2.04. The van der Waals surface area contributed by atoms with Crippen LogP contribution in [0.3, 0.4) is 0 Å². The number of hydrogen-bond donors (Lipinski definition) is 7. The van der Waals surface area contributed by atoms with Crippen molar-refractivity contribution in [3.8, 4) is 5.75 Å². The van der Waals surface area contributed by atoms with Crippen LogP contribution in [0.2, 0.25) is 0 Å². The summed E-state index contributed by atoms with van der Waals surface area (Å²) in [6.45, 7) is 1.32. The third-order valence-corrected chi connectivity index (χ3v) is 6.46. The van der Waals surface area contributed by atoms with Crippen LogP contribution in [-0.2, 0) is 20.0 Å². The van der Waals surface area contributed by atoms with Gasteiger partial charge in [-0.25, -0.2) is 0 Å². The van der Waals surface area contributed by atoms with Crippen LogP contribution in [0.4, 0.5) is 0 Å². The Morgan fingerprint density at radius 3 is 2.40 bits per heavy atom. The maximum absolute atomic E-state index is 13.3. The number of aliphatic hydroxyl groups excluding tert-OH is 3. The fraction of sp³-hybridized carbons (Fsp3) is 0.350. The van der Waals surface area contributed by atoms with E-state index in [0.29, 0.717) is 0 Å². The third-order valence-electron chi connectivity index (χ3n) is 6.46. The van der Waals surface area contributed by atoms with Gasteiger partial charge in [0.25, 0.3) is 5.91 Å². The van der Waals surface area contributed by atoms with E-state index in [1.165, 1.54) is 25.1 Å². The maximum Gasteiger partial charge on any atom is 0.255 e. The second kappa shape index (κ2) is 5.91. The number of aromatic hydroxyl groups is 1. The van der Waals surface area contributed by atoms with Gasteiger partial charge in [-0.1, -0.05) is 12.1 Å². The monoisotopic (exact) mass is 417 g/mol. The fourth-order valence-electron chi connectivity index (χ4n) is 4.91. The topological polar surface area (TPSA) is 199 Å². The molecule has 8 N–H and O–H groups in total. The molecular weight excluding hydrogens is 398 g/mol. The lowest BCUT2D eigenvalue weighted by Gasteiger charge is -2.51. The molecule has 1 unspecified atom stereocenters. The van der Waals surface area contributed by atoms with Gasteiger partial charge in [-0.15, -0.1) is 0 Å². The summed E-state index contributed by atoms with van der Waals surface area (Å²) < 4.78 is 0. The molecule has 0 aromatic heterocycles. The molecule has 158 valence electrons. The summed E-state index contributed by atoms with van der Waals surface area (Å²) in [5.74, 6) is -9.32. The van der Waals surface area contributed by atoms with Crippen molar-refractivity contribution in [2.24, 2.45) is 17.6 Å². The molecule has 0 radical (unpaired) electrons. The van der Waals surface area contributed by atoms with Crippen molar-refractivity contribution < 1.29 is 45.0 Å². The van der Waals surface area contributed by atoms with Gasteiger partial charge in [0.1, 0.15) is 28.9 Å². The van der Waals surface area contributed by atoms with Crippen LogP contribution in [0.25, 0.3) is 5.76 Å². The number of hydrogen-bond acceptors (Lipinski definition) is 9. The minimum absolute atomic E-state index is 0.0983. The number of aliphatic hydroxyl groups is 5. The zero-order chi connectivity index (χ0) is 22.3. The molecule has 5 atom stereocenters. The van der Waals surface area contributed by atoms with Gasteiger partial charge < -0.3 is 36.4 Å². The highest BCUT2D eigenvalue weighted by molar-refractivity contribution is 6.24. The molecule has 3 aliphatic carbocycles. The molecule has 30 heavy (non-hydrogen) atoms. The largest absolute Gasteiger partial charge is 0.508 e. The van der Waals surface area contributed by atoms with E-state index >= 15 is 0 Å². The maximum atomic E-state index is 13.3. The number of rotatable bonds is 1. The van der Waals surface area contributed by atoms with Gasteiger partial charge in [0.2, 0.25) is 11.6 Å². The highest BCUT2D eigenvalue weighted by Crippen LogP contribution is 2.56. The van der Waals surface area contributed by atoms with Crippen LogP contribution in [0.15, 0.2) is 35.1 Å². The van der Waals surface area contributed by atoms with Crippen LogP contribution in [0, 0.1) is 11.8 Å². The van der Waals surface area contributed by atoms with Gasteiger partial charge in [-0.05, 0) is 25.0 Å². The number of phenols is 1. The standard InChI is InChI=1S/C20H19NO9/c1-19(29)6-3-2-4-9(22)10(6)14(24)11-7(19)5-8-13(23)15(25)12(18(21)28)17(27)20(8,30)16(11)26/h2-4,7-8,13,22-24,27,29-30H,5H2,1H3,(H2,21,28)/t7?,8-,13-,19+,20-/m0/s1. The lowest BCUT2D eigenvalue weighted by Crippen LogP contribution is -2.64. The first kappa shape index (κ1) is 20.1. The van der Waals surface area contributed by atoms with Crippen molar-refractivity contribution in [1.82, 2.24) is 0 Å². The lowest BCUT2D eigenvalue weighted by molar-refractivity contribution is -0.164. The van der Waals surface area contributed by atoms with Gasteiger partial charge in [0.05, 0.1) is 11.2 Å². The number of carbonyl (C=O) groups excluding carboxylic acids is 3. The average molecular weight is 417 g/mol. The van der Waals surface area contributed by atoms with Crippen LogP contribution in [0.1, 0.15) is 24.5 Å². The summed E-state index contributed by atoms with van der Waals surface area (Å²) in [7, 11) is 0. The molecule has 0 bridgehead atoms. The minimum atomic E-state index is -2.94.